The van der Waals surface area contributed by atoms with Gasteiger partial charge in [-0.3, -0.25) is 14.9 Å². The second kappa shape index (κ2) is 8.71. The highest BCUT2D eigenvalue weighted by atomic mass is 16.5. The van der Waals surface area contributed by atoms with Crippen LogP contribution >= 0.6 is 0 Å². The van der Waals surface area contributed by atoms with Crippen molar-refractivity contribution in [3.8, 4) is 22.9 Å². The average Bonchev–Trinajstić information content (AvgIpc) is 3.37. The lowest BCUT2D eigenvalue weighted by molar-refractivity contribution is -0.124. The molecule has 0 saturated carbocycles. The number of rotatable bonds is 7. The SMILES string of the molecule is COc1cnc(-c2ccc([C@]3(CCN4Cc5ccc(OC)cc5C4=O)NC(=O)NC3=O)cc2)nc1. The monoisotopic (exact) mass is 473 g/mol. The lowest BCUT2D eigenvalue weighted by Crippen LogP contribution is -2.46. The van der Waals surface area contributed by atoms with E-state index in [4.69, 9.17) is 9.47 Å². The number of hydrogen-bond acceptors (Lipinski definition) is 7. The standard InChI is InChI=1S/C25H23N5O5/c1-34-18-8-5-16-14-30(22(31)20(16)11-18)10-9-25(23(32)28-24(33)29-25)17-6-3-15(4-7-17)21-26-12-19(35-2)13-27-21/h3-8,11-13H,9-10,14H2,1-2H3,(H2,28,29,32,33)/t25-/m0/s1. The molecule has 0 spiro atoms. The summed E-state index contributed by atoms with van der Waals surface area (Å²) >= 11 is 0. The fourth-order valence-corrected chi connectivity index (χ4v) is 4.44. The molecule has 4 amide bonds. The second-order valence-electron chi connectivity index (χ2n) is 8.34. The number of carbonyl (C=O) groups is 3. The topological polar surface area (TPSA) is 123 Å². The lowest BCUT2D eigenvalue weighted by atomic mass is 9.86. The summed E-state index contributed by atoms with van der Waals surface area (Å²) in [5.74, 6) is 1.07. The highest BCUT2D eigenvalue weighted by Crippen LogP contribution is 2.33. The van der Waals surface area contributed by atoms with Crippen molar-refractivity contribution in [2.24, 2.45) is 0 Å². The van der Waals surface area contributed by atoms with Gasteiger partial charge < -0.3 is 19.7 Å². The highest BCUT2D eigenvalue weighted by Gasteiger charge is 2.48. The van der Waals surface area contributed by atoms with E-state index in [2.05, 4.69) is 20.6 Å². The van der Waals surface area contributed by atoms with Crippen molar-refractivity contribution in [3.05, 3.63) is 71.5 Å². The van der Waals surface area contributed by atoms with Crippen LogP contribution in [0.25, 0.3) is 11.4 Å². The molecule has 0 aliphatic carbocycles. The number of nitrogens with one attached hydrogen (secondary N) is 2. The molecular weight excluding hydrogens is 450 g/mol. The number of amides is 4. The summed E-state index contributed by atoms with van der Waals surface area (Å²) in [4.78, 5) is 48.3. The van der Waals surface area contributed by atoms with E-state index < -0.39 is 17.5 Å². The molecule has 5 rings (SSSR count). The molecule has 10 nitrogen and oxygen atoms in total. The Morgan fingerprint density at radius 2 is 1.69 bits per heavy atom. The molecule has 1 aromatic heterocycles. The Morgan fingerprint density at radius 3 is 2.31 bits per heavy atom. The van der Waals surface area contributed by atoms with E-state index in [-0.39, 0.29) is 18.9 Å². The fourth-order valence-electron chi connectivity index (χ4n) is 4.44. The Balaban J connectivity index is 1.38. The molecule has 0 radical (unpaired) electrons. The van der Waals surface area contributed by atoms with Crippen LogP contribution in [0.4, 0.5) is 4.79 Å². The lowest BCUT2D eigenvalue weighted by Gasteiger charge is -2.29. The third-order valence-electron chi connectivity index (χ3n) is 6.39. The molecular formula is C25H23N5O5. The quantitative estimate of drug-likeness (QED) is 0.505. The summed E-state index contributed by atoms with van der Waals surface area (Å²) < 4.78 is 10.3. The fraction of sp³-hybridized carbons (Fsp3) is 0.240. The maximum Gasteiger partial charge on any atom is 0.322 e. The third-order valence-corrected chi connectivity index (χ3v) is 6.39. The minimum absolute atomic E-state index is 0.134. The van der Waals surface area contributed by atoms with Gasteiger partial charge in [-0.1, -0.05) is 30.3 Å². The van der Waals surface area contributed by atoms with Gasteiger partial charge in [-0.25, -0.2) is 14.8 Å². The number of benzene rings is 2. The van der Waals surface area contributed by atoms with E-state index in [1.54, 1.807) is 61.8 Å². The Hall–Kier alpha value is -4.47. The molecule has 0 unspecified atom stereocenters. The Labute approximate surface area is 201 Å². The second-order valence-corrected chi connectivity index (χ2v) is 8.34. The van der Waals surface area contributed by atoms with Gasteiger partial charge in [0.2, 0.25) is 0 Å². The number of fused-ring (bicyclic) bond motifs is 1. The minimum Gasteiger partial charge on any atom is -0.497 e. The predicted molar refractivity (Wildman–Crippen MR) is 125 cm³/mol. The van der Waals surface area contributed by atoms with Crippen molar-refractivity contribution < 1.29 is 23.9 Å². The number of carbonyl (C=O) groups excluding carboxylic acids is 3. The molecule has 0 bridgehead atoms. The van der Waals surface area contributed by atoms with Gasteiger partial charge in [-0.2, -0.15) is 0 Å². The summed E-state index contributed by atoms with van der Waals surface area (Å²) in [6, 6.07) is 11.9. The van der Waals surface area contributed by atoms with Crippen molar-refractivity contribution in [2.45, 2.75) is 18.5 Å². The number of ether oxygens (including phenoxy) is 2. The van der Waals surface area contributed by atoms with E-state index >= 15 is 0 Å². The molecule has 1 atom stereocenters. The first-order chi connectivity index (χ1) is 16.9. The highest BCUT2D eigenvalue weighted by molar-refractivity contribution is 6.07. The van der Waals surface area contributed by atoms with E-state index in [1.165, 1.54) is 0 Å². The maximum atomic E-state index is 13.0. The molecule has 2 aromatic carbocycles. The number of aromatic nitrogens is 2. The van der Waals surface area contributed by atoms with Crippen molar-refractivity contribution in [1.82, 2.24) is 25.5 Å². The average molecular weight is 473 g/mol. The molecule has 1 saturated heterocycles. The van der Waals surface area contributed by atoms with Crippen LogP contribution in [0.2, 0.25) is 0 Å². The van der Waals surface area contributed by atoms with Crippen LogP contribution < -0.4 is 20.1 Å². The number of nitrogens with zero attached hydrogens (tertiary/aromatic N) is 3. The van der Waals surface area contributed by atoms with Gasteiger partial charge in [-0.05, 0) is 23.3 Å². The molecule has 3 heterocycles. The minimum atomic E-state index is -1.30. The summed E-state index contributed by atoms with van der Waals surface area (Å²) in [7, 11) is 3.09. The Morgan fingerprint density at radius 1 is 0.971 bits per heavy atom. The number of urea groups is 1. The van der Waals surface area contributed by atoms with Crippen LogP contribution in [0, 0.1) is 0 Å². The predicted octanol–water partition coefficient (Wildman–Crippen LogP) is 2.24. The zero-order chi connectivity index (χ0) is 24.6. The number of methoxy groups -OCH3 is 2. The van der Waals surface area contributed by atoms with Crippen LogP contribution in [-0.4, -0.2) is 53.5 Å². The summed E-state index contributed by atoms with van der Waals surface area (Å²) in [5, 5.41) is 5.12. The largest absolute Gasteiger partial charge is 0.497 e. The molecule has 2 N–H and O–H groups in total. The Kier molecular flexibility index (Phi) is 5.56. The normalized spacial score (nSPS) is 18.8. The molecule has 35 heavy (non-hydrogen) atoms. The van der Waals surface area contributed by atoms with Gasteiger partial charge in [0.25, 0.3) is 11.8 Å². The van der Waals surface area contributed by atoms with Gasteiger partial charge >= 0.3 is 6.03 Å². The molecule has 178 valence electrons. The van der Waals surface area contributed by atoms with Crippen LogP contribution in [0.15, 0.2) is 54.9 Å². The van der Waals surface area contributed by atoms with Crippen molar-refractivity contribution in [2.75, 3.05) is 20.8 Å². The van der Waals surface area contributed by atoms with Gasteiger partial charge in [0.1, 0.15) is 11.3 Å². The summed E-state index contributed by atoms with van der Waals surface area (Å²) in [5.41, 5.74) is 1.53. The molecule has 10 heteroatoms. The Bertz CT molecular complexity index is 1310. The van der Waals surface area contributed by atoms with E-state index in [0.29, 0.717) is 35.0 Å². The number of imide groups is 1. The van der Waals surface area contributed by atoms with E-state index in [9.17, 15) is 14.4 Å². The maximum absolute atomic E-state index is 13.0. The summed E-state index contributed by atoms with van der Waals surface area (Å²) in [6.45, 7) is 0.699. The van der Waals surface area contributed by atoms with Crippen LogP contribution in [0.5, 0.6) is 11.5 Å². The zero-order valence-corrected chi connectivity index (χ0v) is 19.2. The molecule has 3 aromatic rings. The van der Waals surface area contributed by atoms with Crippen LogP contribution in [0.1, 0.15) is 27.9 Å². The number of hydrogen-bond donors (Lipinski definition) is 2. The third kappa shape index (κ3) is 3.92. The van der Waals surface area contributed by atoms with E-state index in [1.807, 2.05) is 12.1 Å². The first-order valence-electron chi connectivity index (χ1n) is 11.0. The first kappa shape index (κ1) is 22.3. The van der Waals surface area contributed by atoms with Gasteiger partial charge in [0, 0.05) is 30.6 Å². The summed E-state index contributed by atoms with van der Waals surface area (Å²) in [6.07, 6.45) is 3.35. The van der Waals surface area contributed by atoms with Crippen LogP contribution in [0.3, 0.4) is 0 Å². The zero-order valence-electron chi connectivity index (χ0n) is 19.2. The molecule has 1 fully saturated rings. The van der Waals surface area contributed by atoms with Crippen molar-refractivity contribution >= 4 is 17.8 Å². The van der Waals surface area contributed by atoms with Crippen molar-refractivity contribution in [3.63, 3.8) is 0 Å². The molecule has 2 aliphatic rings. The van der Waals surface area contributed by atoms with E-state index in [0.717, 1.165) is 11.1 Å². The van der Waals surface area contributed by atoms with Gasteiger partial charge in [0.05, 0.1) is 26.6 Å². The smallest absolute Gasteiger partial charge is 0.322 e. The first-order valence-corrected chi connectivity index (χ1v) is 11.0. The van der Waals surface area contributed by atoms with Gasteiger partial charge in [0.15, 0.2) is 11.6 Å². The van der Waals surface area contributed by atoms with Crippen LogP contribution in [-0.2, 0) is 16.9 Å². The van der Waals surface area contributed by atoms with Crippen molar-refractivity contribution in [1.29, 1.82) is 0 Å². The molecule has 2 aliphatic heterocycles. The van der Waals surface area contributed by atoms with Gasteiger partial charge in [-0.15, -0.1) is 0 Å².